The second kappa shape index (κ2) is 4.15. The van der Waals surface area contributed by atoms with Crippen molar-refractivity contribution >= 4 is 11.7 Å². The van der Waals surface area contributed by atoms with Gasteiger partial charge in [-0.15, -0.1) is 0 Å². The summed E-state index contributed by atoms with van der Waals surface area (Å²) in [6, 6.07) is 1.83. The van der Waals surface area contributed by atoms with Crippen LogP contribution in [0.3, 0.4) is 0 Å². The molecule has 1 aliphatic rings. The first-order valence-corrected chi connectivity index (χ1v) is 5.65. The highest BCUT2D eigenvalue weighted by molar-refractivity contribution is 5.92. The highest BCUT2D eigenvalue weighted by Gasteiger charge is 2.21. The summed E-state index contributed by atoms with van der Waals surface area (Å²) < 4.78 is 1.90. The van der Waals surface area contributed by atoms with Crippen molar-refractivity contribution in [2.75, 3.05) is 26.0 Å². The van der Waals surface area contributed by atoms with Crippen LogP contribution in [0.1, 0.15) is 25.3 Å². The molecule has 1 N–H and O–H groups in total. The quantitative estimate of drug-likeness (QED) is 0.823. The minimum Gasteiger partial charge on any atom is -0.370 e. The van der Waals surface area contributed by atoms with Crippen molar-refractivity contribution in [3.05, 3.63) is 11.8 Å². The summed E-state index contributed by atoms with van der Waals surface area (Å²) in [6.07, 6.45) is 1.13. The summed E-state index contributed by atoms with van der Waals surface area (Å²) in [6.45, 7) is 4.05. The van der Waals surface area contributed by atoms with Crippen molar-refractivity contribution in [1.82, 2.24) is 14.7 Å². The van der Waals surface area contributed by atoms with Gasteiger partial charge in [0.05, 0.1) is 0 Å². The van der Waals surface area contributed by atoms with Crippen LogP contribution >= 0.6 is 0 Å². The molecule has 0 bridgehead atoms. The smallest absolute Gasteiger partial charge is 0.273 e. The third kappa shape index (κ3) is 1.89. The Balaban J connectivity index is 0.00000144. The molecular weight excluding hydrogens is 204 g/mol. The molecule has 0 spiro atoms. The fourth-order valence-electron chi connectivity index (χ4n) is 1.86. The van der Waals surface area contributed by atoms with Gasteiger partial charge in [0, 0.05) is 34.7 Å². The molecule has 0 saturated carbocycles. The molecule has 1 amide bonds. The topological polar surface area (TPSA) is 50.2 Å². The van der Waals surface area contributed by atoms with Crippen LogP contribution in [0.2, 0.25) is 0 Å². The molecule has 5 nitrogen and oxygen atoms in total. The number of nitrogens with zero attached hydrogens (tertiary/aromatic N) is 3. The normalized spacial score (nSPS) is 18.8. The Morgan fingerprint density at radius 2 is 2.50 bits per heavy atom. The monoisotopic (exact) mass is 224 g/mol. The lowest BCUT2D eigenvalue weighted by Crippen LogP contribution is -2.27. The molecule has 1 aromatic heterocycles. The van der Waals surface area contributed by atoms with Crippen LogP contribution in [0.15, 0.2) is 6.07 Å². The van der Waals surface area contributed by atoms with Crippen LogP contribution in [0, 0.1) is 5.92 Å². The average Bonchev–Trinajstić information content (AvgIpc) is 2.69. The van der Waals surface area contributed by atoms with Gasteiger partial charge < -0.3 is 10.2 Å². The number of hydrogen-bond donors (Lipinski definition) is 1. The molecule has 0 radical (unpaired) electrons. The molecule has 0 saturated heterocycles. The van der Waals surface area contributed by atoms with Crippen molar-refractivity contribution in [2.45, 2.75) is 19.9 Å². The van der Waals surface area contributed by atoms with Crippen molar-refractivity contribution in [3.63, 3.8) is 0 Å². The zero-order chi connectivity index (χ0) is 11.7. The van der Waals surface area contributed by atoms with Gasteiger partial charge >= 0.3 is 0 Å². The Labute approximate surface area is 96.9 Å². The predicted octanol–water partition coefficient (Wildman–Crippen LogP) is 1.28. The third-order valence-electron chi connectivity index (χ3n) is 2.99. The molecule has 1 atom stereocenters. The van der Waals surface area contributed by atoms with Crippen LogP contribution in [0.4, 0.5) is 5.82 Å². The third-order valence-corrected chi connectivity index (χ3v) is 2.99. The molecule has 0 unspecified atom stereocenters. The molecule has 1 aliphatic heterocycles. The minimum absolute atomic E-state index is 0. The van der Waals surface area contributed by atoms with E-state index in [-0.39, 0.29) is 7.33 Å². The standard InChI is InChI=1S/C11H18N4O.H2/c1-4-8-6-12-10-5-9(11(16)14(2)3)13-15(10)7-8;/h5,8,12H,4,6-7H2,1-3H3;1H/t8-;/m1./s1. The molecular formula is C11H20N4O. The van der Waals surface area contributed by atoms with E-state index in [1.54, 1.807) is 19.0 Å². The van der Waals surface area contributed by atoms with E-state index in [1.807, 2.05) is 10.7 Å². The summed E-state index contributed by atoms with van der Waals surface area (Å²) in [5.41, 5.74) is 0.518. The second-order valence-corrected chi connectivity index (χ2v) is 4.45. The lowest BCUT2D eigenvalue weighted by molar-refractivity contribution is 0.0821. The van der Waals surface area contributed by atoms with Crippen molar-refractivity contribution in [1.29, 1.82) is 0 Å². The number of rotatable bonds is 2. The molecule has 1 aromatic rings. The number of carbonyl (C=O) groups excluding carboxylic acids is 1. The molecule has 5 heteroatoms. The zero-order valence-electron chi connectivity index (χ0n) is 10.0. The average molecular weight is 224 g/mol. The highest BCUT2D eigenvalue weighted by atomic mass is 16.2. The van der Waals surface area contributed by atoms with Crippen molar-refractivity contribution in [2.24, 2.45) is 5.92 Å². The van der Waals surface area contributed by atoms with E-state index in [2.05, 4.69) is 17.3 Å². The minimum atomic E-state index is -0.0447. The maximum atomic E-state index is 11.7. The van der Waals surface area contributed by atoms with E-state index in [0.717, 1.165) is 25.3 Å². The summed E-state index contributed by atoms with van der Waals surface area (Å²) in [7, 11) is 3.48. The van der Waals surface area contributed by atoms with Gasteiger partial charge in [-0.25, -0.2) is 4.68 Å². The molecule has 0 aromatic carbocycles. The number of fused-ring (bicyclic) bond motifs is 1. The van der Waals surface area contributed by atoms with Crippen LogP contribution in [0.5, 0.6) is 0 Å². The molecule has 2 rings (SSSR count). The zero-order valence-corrected chi connectivity index (χ0v) is 10.0. The predicted molar refractivity (Wildman–Crippen MR) is 64.6 cm³/mol. The fraction of sp³-hybridized carbons (Fsp3) is 0.636. The van der Waals surface area contributed by atoms with Gasteiger partial charge in [0.25, 0.3) is 5.91 Å². The highest BCUT2D eigenvalue weighted by Crippen LogP contribution is 2.20. The summed E-state index contributed by atoms with van der Waals surface area (Å²) in [5, 5.41) is 7.64. The molecule has 0 fully saturated rings. The van der Waals surface area contributed by atoms with Gasteiger partial charge in [0.15, 0.2) is 5.69 Å². The Morgan fingerprint density at radius 1 is 1.75 bits per heavy atom. The number of anilines is 1. The van der Waals surface area contributed by atoms with E-state index < -0.39 is 0 Å². The number of hydrogen-bond acceptors (Lipinski definition) is 3. The molecule has 2 heterocycles. The van der Waals surface area contributed by atoms with Crippen LogP contribution in [-0.2, 0) is 6.54 Å². The van der Waals surface area contributed by atoms with Crippen LogP contribution in [0.25, 0.3) is 0 Å². The Bertz CT molecular complexity index is 402. The molecule has 0 aliphatic carbocycles. The van der Waals surface area contributed by atoms with Gasteiger partial charge in [0.1, 0.15) is 5.82 Å². The van der Waals surface area contributed by atoms with E-state index >= 15 is 0 Å². The Hall–Kier alpha value is -1.52. The van der Waals surface area contributed by atoms with Gasteiger partial charge in [-0.1, -0.05) is 6.92 Å². The number of carbonyl (C=O) groups is 1. The van der Waals surface area contributed by atoms with Crippen molar-refractivity contribution in [3.8, 4) is 0 Å². The van der Waals surface area contributed by atoms with E-state index in [4.69, 9.17) is 0 Å². The van der Waals surface area contributed by atoms with E-state index in [0.29, 0.717) is 11.6 Å². The van der Waals surface area contributed by atoms with Gasteiger partial charge in [-0.05, 0) is 12.3 Å². The maximum absolute atomic E-state index is 11.7. The fourth-order valence-corrected chi connectivity index (χ4v) is 1.86. The first-order chi connectivity index (χ1) is 7.61. The Morgan fingerprint density at radius 3 is 3.12 bits per heavy atom. The first-order valence-electron chi connectivity index (χ1n) is 5.65. The van der Waals surface area contributed by atoms with Crippen LogP contribution in [-0.4, -0.2) is 41.2 Å². The van der Waals surface area contributed by atoms with Crippen molar-refractivity contribution < 1.29 is 6.22 Å². The van der Waals surface area contributed by atoms with E-state index in [9.17, 15) is 4.79 Å². The number of aromatic nitrogens is 2. The SMILES string of the molecule is CC[C@@H]1CNc2cc(C(=O)N(C)C)nn2C1.[HH]. The summed E-state index contributed by atoms with van der Waals surface area (Å²) in [5.74, 6) is 1.52. The lowest BCUT2D eigenvalue weighted by atomic mass is 10.1. The maximum Gasteiger partial charge on any atom is 0.273 e. The summed E-state index contributed by atoms with van der Waals surface area (Å²) in [4.78, 5) is 13.3. The Kier molecular flexibility index (Phi) is 2.85. The van der Waals surface area contributed by atoms with Gasteiger partial charge in [-0.2, -0.15) is 5.10 Å². The van der Waals surface area contributed by atoms with Gasteiger partial charge in [0.2, 0.25) is 0 Å². The second-order valence-electron chi connectivity index (χ2n) is 4.45. The molecule has 16 heavy (non-hydrogen) atoms. The van der Waals surface area contributed by atoms with E-state index in [1.165, 1.54) is 0 Å². The van der Waals surface area contributed by atoms with Crippen LogP contribution < -0.4 is 5.32 Å². The molecule has 90 valence electrons. The largest absolute Gasteiger partial charge is 0.370 e. The number of nitrogens with one attached hydrogen (secondary N) is 1. The number of amides is 1. The first kappa shape index (κ1) is 11.0. The van der Waals surface area contributed by atoms with Gasteiger partial charge in [-0.3, -0.25) is 4.79 Å². The lowest BCUT2D eigenvalue weighted by Gasteiger charge is -2.23. The summed E-state index contributed by atoms with van der Waals surface area (Å²) >= 11 is 0.